The number of likely N-dealkylation sites (tertiary alicyclic amines) is 1. The number of hydrogen-bond acceptors (Lipinski definition) is 9. The number of rotatable bonds is 4. The summed E-state index contributed by atoms with van der Waals surface area (Å²) >= 11 is 0. The number of carbonyl (C=O) groups is 2. The summed E-state index contributed by atoms with van der Waals surface area (Å²) < 4.78 is 11.8. The van der Waals surface area contributed by atoms with Gasteiger partial charge in [0.05, 0.1) is 11.1 Å². The topological polar surface area (TPSA) is 120 Å². The maximum absolute atomic E-state index is 13.5. The summed E-state index contributed by atoms with van der Waals surface area (Å²) in [5.74, 6) is 0.532. The van der Waals surface area contributed by atoms with Crippen LogP contribution in [0.4, 0.5) is 16.3 Å². The number of benzene rings is 1. The predicted octanol–water partition coefficient (Wildman–Crippen LogP) is 3.17. The monoisotopic (exact) mass is 578 g/mol. The van der Waals surface area contributed by atoms with E-state index in [4.69, 9.17) is 19.4 Å². The lowest BCUT2D eigenvalue weighted by Crippen LogP contribution is -2.51. The summed E-state index contributed by atoms with van der Waals surface area (Å²) in [4.78, 5) is 42.0. The number of hydrogen-bond donors (Lipinski definition) is 2. The van der Waals surface area contributed by atoms with E-state index in [9.17, 15) is 14.7 Å². The minimum absolute atomic E-state index is 0.180. The van der Waals surface area contributed by atoms with Gasteiger partial charge in [0.1, 0.15) is 24.1 Å². The smallest absolute Gasteiger partial charge is 0.410 e. The lowest BCUT2D eigenvalue weighted by Gasteiger charge is -2.44. The molecule has 2 N–H and O–H groups in total. The van der Waals surface area contributed by atoms with Gasteiger partial charge in [0, 0.05) is 43.5 Å². The normalized spacial score (nSPS) is 26.1. The molecule has 2 saturated heterocycles. The van der Waals surface area contributed by atoms with Gasteiger partial charge in [-0.3, -0.25) is 4.79 Å². The number of fused-ring (bicyclic) bond motifs is 2. The van der Waals surface area contributed by atoms with Crippen molar-refractivity contribution >= 4 is 23.5 Å². The Labute approximate surface area is 247 Å². The van der Waals surface area contributed by atoms with Crippen molar-refractivity contribution in [2.45, 2.75) is 70.6 Å². The number of nitrogens with zero attached hydrogens (tertiary/aromatic N) is 5. The molecule has 2 amide bonds. The Bertz CT molecular complexity index is 1350. The number of aromatic nitrogens is 2. The van der Waals surface area contributed by atoms with Crippen molar-refractivity contribution in [1.82, 2.24) is 19.8 Å². The average Bonchev–Trinajstić information content (AvgIpc) is 3.37. The third kappa shape index (κ3) is 5.40. The zero-order valence-corrected chi connectivity index (χ0v) is 25.1. The van der Waals surface area contributed by atoms with Crippen LogP contribution < -0.4 is 15.0 Å². The number of carbonyl (C=O) groups excluding carboxylic acids is 2. The molecule has 2 unspecified atom stereocenters. The summed E-state index contributed by atoms with van der Waals surface area (Å²) in [7, 11) is 2.09. The van der Waals surface area contributed by atoms with Gasteiger partial charge in [-0.2, -0.15) is 9.97 Å². The van der Waals surface area contributed by atoms with Gasteiger partial charge in [-0.05, 0) is 78.1 Å². The van der Waals surface area contributed by atoms with E-state index in [-0.39, 0.29) is 24.1 Å². The first-order chi connectivity index (χ1) is 20.0. The number of anilines is 2. The minimum atomic E-state index is -1.11. The van der Waals surface area contributed by atoms with E-state index in [0.29, 0.717) is 63.6 Å². The molecule has 0 saturated carbocycles. The molecule has 3 atom stereocenters. The molecule has 1 aromatic carbocycles. The molecule has 226 valence electrons. The first-order valence-corrected chi connectivity index (χ1v) is 15.1. The van der Waals surface area contributed by atoms with Gasteiger partial charge < -0.3 is 34.6 Å². The number of aliphatic hydroxyl groups excluding tert-OH is 1. The van der Waals surface area contributed by atoms with Gasteiger partial charge in [0.15, 0.2) is 0 Å². The molecule has 4 aliphatic rings. The largest absolute Gasteiger partial charge is 0.462 e. The van der Waals surface area contributed by atoms with Crippen LogP contribution in [0.2, 0.25) is 0 Å². The zero-order valence-electron chi connectivity index (χ0n) is 25.1. The van der Waals surface area contributed by atoms with Crippen molar-refractivity contribution in [1.29, 1.82) is 0 Å². The maximum atomic E-state index is 13.5. The standard InChI is InChI=1S/C31H42N6O5/c1-30(2,3)42-29(40)37-16-14-36(15-17-37)26-22-11-12-31(18-20-8-5-6-10-23(20)32-27(31)39)25(38)24(22)33-28(34-26)41-19-21-9-7-13-35(21)4/h5-6,8,10,21,25,38H,7,9,11-19H2,1-4H3,(H,32,39)/t21-,25?,31?/m0/s1. The molecular weight excluding hydrogens is 536 g/mol. The maximum Gasteiger partial charge on any atom is 0.410 e. The highest BCUT2D eigenvalue weighted by Gasteiger charge is 2.52. The molecular formula is C31H42N6O5. The van der Waals surface area contributed by atoms with E-state index in [1.807, 2.05) is 45.0 Å². The van der Waals surface area contributed by atoms with E-state index < -0.39 is 17.1 Å². The van der Waals surface area contributed by atoms with Crippen molar-refractivity contribution in [3.8, 4) is 6.01 Å². The number of aliphatic hydroxyl groups is 1. The van der Waals surface area contributed by atoms with Gasteiger partial charge in [0.25, 0.3) is 0 Å². The van der Waals surface area contributed by atoms with Crippen molar-refractivity contribution in [2.24, 2.45) is 5.41 Å². The summed E-state index contributed by atoms with van der Waals surface area (Å²) in [5, 5.41) is 15.0. The van der Waals surface area contributed by atoms with Crippen molar-refractivity contribution in [3.63, 3.8) is 0 Å². The Morgan fingerprint density at radius 3 is 2.62 bits per heavy atom. The van der Waals surface area contributed by atoms with E-state index in [2.05, 4.69) is 22.2 Å². The fraction of sp³-hybridized carbons (Fsp3) is 0.613. The predicted molar refractivity (Wildman–Crippen MR) is 158 cm³/mol. The summed E-state index contributed by atoms with van der Waals surface area (Å²) in [5.41, 5.74) is 1.53. The summed E-state index contributed by atoms with van der Waals surface area (Å²) in [6.07, 6.45) is 2.20. The van der Waals surface area contributed by atoms with Crippen LogP contribution in [-0.2, 0) is 22.4 Å². The molecule has 3 aliphatic heterocycles. The first kappa shape index (κ1) is 28.7. The van der Waals surface area contributed by atoms with Crippen LogP contribution in [0.15, 0.2) is 24.3 Å². The lowest BCUT2D eigenvalue weighted by molar-refractivity contribution is -0.135. The number of likely N-dealkylation sites (N-methyl/N-ethyl adjacent to an activating group) is 1. The third-order valence-corrected chi connectivity index (χ3v) is 9.13. The first-order valence-electron chi connectivity index (χ1n) is 15.1. The Balaban J connectivity index is 1.29. The molecule has 0 radical (unpaired) electrons. The van der Waals surface area contributed by atoms with E-state index in [1.165, 1.54) is 0 Å². The molecule has 1 aliphatic carbocycles. The Morgan fingerprint density at radius 2 is 1.90 bits per heavy atom. The number of nitrogens with one attached hydrogen (secondary N) is 1. The number of ether oxygens (including phenoxy) is 2. The number of piperazine rings is 1. The van der Waals surface area contributed by atoms with E-state index in [1.54, 1.807) is 4.90 Å². The molecule has 11 heteroatoms. The molecule has 2 aromatic rings. The van der Waals surface area contributed by atoms with Crippen LogP contribution in [0.5, 0.6) is 6.01 Å². The molecule has 6 rings (SSSR count). The molecule has 0 bridgehead atoms. The van der Waals surface area contributed by atoms with Crippen molar-refractivity contribution in [3.05, 3.63) is 41.1 Å². The highest BCUT2D eigenvalue weighted by Crippen LogP contribution is 2.51. The highest BCUT2D eigenvalue weighted by molar-refractivity contribution is 5.99. The number of para-hydroxylation sites is 1. The second-order valence-electron chi connectivity index (χ2n) is 13.1. The molecule has 11 nitrogen and oxygen atoms in total. The van der Waals surface area contributed by atoms with Crippen LogP contribution in [0.25, 0.3) is 0 Å². The fourth-order valence-corrected chi connectivity index (χ4v) is 6.68. The molecule has 4 heterocycles. The van der Waals surface area contributed by atoms with E-state index in [0.717, 1.165) is 36.2 Å². The Kier molecular flexibility index (Phi) is 7.51. The van der Waals surface area contributed by atoms with Crippen LogP contribution in [0.1, 0.15) is 63.0 Å². The molecule has 2 fully saturated rings. The molecule has 1 aromatic heterocycles. The fourth-order valence-electron chi connectivity index (χ4n) is 6.68. The number of amides is 2. The van der Waals surface area contributed by atoms with Crippen LogP contribution in [0, 0.1) is 5.41 Å². The van der Waals surface area contributed by atoms with Crippen LogP contribution in [0.3, 0.4) is 0 Å². The van der Waals surface area contributed by atoms with Gasteiger partial charge in [0.2, 0.25) is 5.91 Å². The summed E-state index contributed by atoms with van der Waals surface area (Å²) in [6.45, 7) is 9.17. The Hall–Kier alpha value is -3.44. The quantitative estimate of drug-likeness (QED) is 0.564. The van der Waals surface area contributed by atoms with Gasteiger partial charge in [-0.25, -0.2) is 4.79 Å². The minimum Gasteiger partial charge on any atom is -0.462 e. The third-order valence-electron chi connectivity index (χ3n) is 9.13. The second-order valence-corrected chi connectivity index (χ2v) is 13.1. The van der Waals surface area contributed by atoms with Crippen LogP contribution >= 0.6 is 0 Å². The lowest BCUT2D eigenvalue weighted by atomic mass is 9.65. The average molecular weight is 579 g/mol. The van der Waals surface area contributed by atoms with Crippen LogP contribution in [-0.4, -0.2) is 94.9 Å². The second kappa shape index (κ2) is 11.0. The molecule has 1 spiro atoms. The van der Waals surface area contributed by atoms with Crippen molar-refractivity contribution in [2.75, 3.05) is 56.6 Å². The van der Waals surface area contributed by atoms with Gasteiger partial charge >= 0.3 is 12.1 Å². The zero-order chi connectivity index (χ0) is 29.6. The molecule has 42 heavy (non-hydrogen) atoms. The van der Waals surface area contributed by atoms with Gasteiger partial charge in [-0.15, -0.1) is 0 Å². The Morgan fingerprint density at radius 1 is 1.14 bits per heavy atom. The SMILES string of the molecule is CN1CCC[C@H]1COc1nc2c(c(N3CCN(C(=O)OC(C)(C)C)CC3)n1)CCC1(Cc3ccccc3NC1=O)C2O. The highest BCUT2D eigenvalue weighted by atomic mass is 16.6. The van der Waals surface area contributed by atoms with E-state index >= 15 is 0 Å². The van der Waals surface area contributed by atoms with Gasteiger partial charge in [-0.1, -0.05) is 18.2 Å². The summed E-state index contributed by atoms with van der Waals surface area (Å²) in [6, 6.07) is 8.25. The van der Waals surface area contributed by atoms with Crippen molar-refractivity contribution < 1.29 is 24.2 Å².